The average molecular weight is 393 g/mol. The molecule has 0 radical (unpaired) electrons. The Morgan fingerprint density at radius 1 is 1.10 bits per heavy atom. The van der Waals surface area contributed by atoms with Crippen LogP contribution in [0.15, 0.2) is 53.1 Å². The normalized spacial score (nSPS) is 11.3. The van der Waals surface area contributed by atoms with E-state index in [1.165, 1.54) is 0 Å². The molecule has 0 N–H and O–H groups in total. The van der Waals surface area contributed by atoms with Gasteiger partial charge in [-0.3, -0.25) is 4.79 Å². The lowest BCUT2D eigenvalue weighted by Gasteiger charge is -2.34. The fraction of sp³-hybridized carbons (Fsp3) is 0.348. The Kier molecular flexibility index (Phi) is 6.01. The molecule has 0 saturated carbocycles. The molecule has 0 fully saturated rings. The van der Waals surface area contributed by atoms with Crippen molar-refractivity contribution in [3.63, 3.8) is 0 Å². The van der Waals surface area contributed by atoms with E-state index in [2.05, 4.69) is 10.1 Å². The first-order chi connectivity index (χ1) is 13.7. The highest BCUT2D eigenvalue weighted by Gasteiger charge is 2.29. The van der Waals surface area contributed by atoms with Crippen molar-refractivity contribution in [2.45, 2.75) is 46.7 Å². The zero-order valence-electron chi connectivity index (χ0n) is 17.6. The number of rotatable bonds is 6. The zero-order valence-corrected chi connectivity index (χ0v) is 17.6. The minimum Gasteiger partial charge on any atom is -0.483 e. The Morgan fingerprint density at radius 3 is 2.52 bits per heavy atom. The van der Waals surface area contributed by atoms with Gasteiger partial charge in [-0.2, -0.15) is 4.98 Å². The maximum atomic E-state index is 13.0. The fourth-order valence-corrected chi connectivity index (χ4v) is 2.94. The molecule has 2 aromatic carbocycles. The van der Waals surface area contributed by atoms with E-state index in [0.29, 0.717) is 11.7 Å². The zero-order chi connectivity index (χ0) is 21.0. The molecule has 3 rings (SSSR count). The van der Waals surface area contributed by atoms with Gasteiger partial charge in [0.25, 0.3) is 5.91 Å². The van der Waals surface area contributed by atoms with Crippen LogP contribution in [0.3, 0.4) is 0 Å². The number of carbonyl (C=O) groups excluding carboxylic acids is 1. The molecule has 0 aliphatic heterocycles. The second kappa shape index (κ2) is 8.47. The molecular formula is C23H27N3O3. The van der Waals surface area contributed by atoms with Crippen LogP contribution in [0, 0.1) is 13.8 Å². The van der Waals surface area contributed by atoms with Crippen LogP contribution >= 0.6 is 0 Å². The van der Waals surface area contributed by atoms with E-state index >= 15 is 0 Å². The van der Waals surface area contributed by atoms with Gasteiger partial charge in [-0.15, -0.1) is 0 Å². The first kappa shape index (κ1) is 20.6. The van der Waals surface area contributed by atoms with Crippen molar-refractivity contribution in [1.29, 1.82) is 0 Å². The van der Waals surface area contributed by atoms with Gasteiger partial charge in [0.1, 0.15) is 12.3 Å². The Labute approximate surface area is 171 Å². The molecule has 0 aliphatic carbocycles. The largest absolute Gasteiger partial charge is 0.483 e. The van der Waals surface area contributed by atoms with Gasteiger partial charge in [0.2, 0.25) is 11.7 Å². The summed E-state index contributed by atoms with van der Waals surface area (Å²) in [4.78, 5) is 19.1. The summed E-state index contributed by atoms with van der Waals surface area (Å²) in [7, 11) is 0. The lowest BCUT2D eigenvalue weighted by atomic mass is 10.1. The van der Waals surface area contributed by atoms with Gasteiger partial charge in [0.15, 0.2) is 6.61 Å². The maximum absolute atomic E-state index is 13.0. The summed E-state index contributed by atoms with van der Waals surface area (Å²) in [5.41, 5.74) is 2.53. The standard InChI is InChI=1S/C23H27N3O3/c1-16-11-12-17(2)19(13-16)28-15-21(27)26(23(3,4)5)14-20-24-22(25-29-20)18-9-7-6-8-10-18/h6-13H,14-15H2,1-5H3. The monoisotopic (exact) mass is 393 g/mol. The van der Waals surface area contributed by atoms with Crippen LogP contribution in [-0.2, 0) is 11.3 Å². The third-order valence-electron chi connectivity index (χ3n) is 4.60. The first-order valence-electron chi connectivity index (χ1n) is 9.62. The number of ether oxygens (including phenoxy) is 1. The molecular weight excluding hydrogens is 366 g/mol. The van der Waals surface area contributed by atoms with Gasteiger partial charge in [-0.25, -0.2) is 0 Å². The first-order valence-corrected chi connectivity index (χ1v) is 9.62. The Morgan fingerprint density at radius 2 is 1.83 bits per heavy atom. The summed E-state index contributed by atoms with van der Waals surface area (Å²) in [6.07, 6.45) is 0. The second-order valence-corrected chi connectivity index (χ2v) is 8.09. The summed E-state index contributed by atoms with van der Waals surface area (Å²) in [5.74, 6) is 1.47. The van der Waals surface area contributed by atoms with E-state index in [-0.39, 0.29) is 19.1 Å². The van der Waals surface area contributed by atoms with Gasteiger partial charge in [-0.1, -0.05) is 47.6 Å². The molecule has 3 aromatic rings. The number of carbonyl (C=O) groups is 1. The summed E-state index contributed by atoms with van der Waals surface area (Å²) in [5, 5.41) is 4.04. The highest BCUT2D eigenvalue weighted by Crippen LogP contribution is 2.22. The predicted octanol–water partition coefficient (Wildman–Crippen LogP) is 4.56. The second-order valence-electron chi connectivity index (χ2n) is 8.09. The van der Waals surface area contributed by atoms with Crippen molar-refractivity contribution in [3.8, 4) is 17.1 Å². The minimum atomic E-state index is -0.427. The molecule has 0 saturated heterocycles. The number of aromatic nitrogens is 2. The van der Waals surface area contributed by atoms with Crippen LogP contribution in [0.2, 0.25) is 0 Å². The molecule has 0 aliphatic rings. The number of nitrogens with zero attached hydrogens (tertiary/aromatic N) is 3. The van der Waals surface area contributed by atoms with Crippen molar-refractivity contribution in [2.24, 2.45) is 0 Å². The smallest absolute Gasteiger partial charge is 0.261 e. The van der Waals surface area contributed by atoms with Crippen LogP contribution in [-0.4, -0.2) is 33.1 Å². The average Bonchev–Trinajstić information content (AvgIpc) is 3.15. The van der Waals surface area contributed by atoms with Gasteiger partial charge < -0.3 is 14.2 Å². The van der Waals surface area contributed by atoms with Crippen molar-refractivity contribution >= 4 is 5.91 Å². The van der Waals surface area contributed by atoms with Gasteiger partial charge in [0, 0.05) is 11.1 Å². The van der Waals surface area contributed by atoms with E-state index < -0.39 is 5.54 Å². The van der Waals surface area contributed by atoms with Crippen molar-refractivity contribution in [2.75, 3.05) is 6.61 Å². The molecule has 29 heavy (non-hydrogen) atoms. The maximum Gasteiger partial charge on any atom is 0.261 e. The van der Waals surface area contributed by atoms with E-state index in [1.807, 2.05) is 83.1 Å². The van der Waals surface area contributed by atoms with Crippen LogP contribution in [0.1, 0.15) is 37.8 Å². The van der Waals surface area contributed by atoms with Crippen molar-refractivity contribution < 1.29 is 14.1 Å². The molecule has 152 valence electrons. The summed E-state index contributed by atoms with van der Waals surface area (Å²) in [6.45, 7) is 10.0. The highest BCUT2D eigenvalue weighted by atomic mass is 16.5. The van der Waals surface area contributed by atoms with Crippen molar-refractivity contribution in [1.82, 2.24) is 15.0 Å². The molecule has 6 heteroatoms. The molecule has 0 spiro atoms. The highest BCUT2D eigenvalue weighted by molar-refractivity contribution is 5.78. The Balaban J connectivity index is 1.72. The number of aryl methyl sites for hydroxylation is 2. The number of amides is 1. The van der Waals surface area contributed by atoms with Crippen LogP contribution in [0.5, 0.6) is 5.75 Å². The SMILES string of the molecule is Cc1ccc(C)c(OCC(=O)N(Cc2nc(-c3ccccc3)no2)C(C)(C)C)c1. The molecule has 1 amide bonds. The van der Waals surface area contributed by atoms with E-state index in [9.17, 15) is 4.79 Å². The molecule has 0 unspecified atom stereocenters. The molecule has 0 atom stereocenters. The molecule has 6 nitrogen and oxygen atoms in total. The topological polar surface area (TPSA) is 68.5 Å². The van der Waals surface area contributed by atoms with Crippen LogP contribution < -0.4 is 4.74 Å². The molecule has 1 heterocycles. The third-order valence-corrected chi connectivity index (χ3v) is 4.60. The summed E-state index contributed by atoms with van der Waals surface area (Å²) >= 11 is 0. The van der Waals surface area contributed by atoms with Crippen LogP contribution in [0.4, 0.5) is 0 Å². The molecule has 0 bridgehead atoms. The van der Waals surface area contributed by atoms with E-state index in [1.54, 1.807) is 4.90 Å². The van der Waals surface area contributed by atoms with E-state index in [0.717, 1.165) is 22.4 Å². The van der Waals surface area contributed by atoms with Gasteiger partial charge in [-0.05, 0) is 51.8 Å². The number of hydrogen-bond acceptors (Lipinski definition) is 5. The Hall–Kier alpha value is -3.15. The minimum absolute atomic E-state index is 0.0543. The van der Waals surface area contributed by atoms with Crippen molar-refractivity contribution in [3.05, 3.63) is 65.5 Å². The van der Waals surface area contributed by atoms with Gasteiger partial charge in [0.05, 0.1) is 0 Å². The quantitative estimate of drug-likeness (QED) is 0.614. The van der Waals surface area contributed by atoms with E-state index in [4.69, 9.17) is 9.26 Å². The summed E-state index contributed by atoms with van der Waals surface area (Å²) < 4.78 is 11.2. The summed E-state index contributed by atoms with van der Waals surface area (Å²) in [6, 6.07) is 15.5. The fourth-order valence-electron chi connectivity index (χ4n) is 2.94. The lowest BCUT2D eigenvalue weighted by molar-refractivity contribution is -0.139. The predicted molar refractivity (Wildman–Crippen MR) is 111 cm³/mol. The third kappa shape index (κ3) is 5.22. The van der Waals surface area contributed by atoms with Gasteiger partial charge >= 0.3 is 0 Å². The molecule has 1 aromatic heterocycles. The number of benzene rings is 2. The number of hydrogen-bond donors (Lipinski definition) is 0. The Bertz CT molecular complexity index is 975. The van der Waals surface area contributed by atoms with Crippen LogP contribution in [0.25, 0.3) is 11.4 Å². The lowest BCUT2D eigenvalue weighted by Crippen LogP contribution is -2.47.